The van der Waals surface area contributed by atoms with Gasteiger partial charge in [-0.15, -0.1) is 0 Å². The molecule has 1 aromatic heterocycles. The van der Waals surface area contributed by atoms with Crippen LogP contribution in [0.2, 0.25) is 5.02 Å². The van der Waals surface area contributed by atoms with E-state index in [-0.39, 0.29) is 48.8 Å². The summed E-state index contributed by atoms with van der Waals surface area (Å²) >= 11 is 7.67. The predicted molar refractivity (Wildman–Crippen MR) is 147 cm³/mol. The first-order valence-corrected chi connectivity index (χ1v) is 14.2. The zero-order valence-corrected chi connectivity index (χ0v) is 22.5. The third-order valence-electron chi connectivity index (χ3n) is 5.70. The summed E-state index contributed by atoms with van der Waals surface area (Å²) in [6, 6.07) is 24.4. The monoisotopic (exact) mass is 563 g/mol. The molecule has 0 atom stereocenters. The minimum Gasteiger partial charge on any atom is -0.279 e. The fourth-order valence-corrected chi connectivity index (χ4v) is 6.49. The van der Waals surface area contributed by atoms with Crippen LogP contribution in [-0.4, -0.2) is 36.7 Å². The number of amides is 1. The molecule has 0 N–H and O–H groups in total. The van der Waals surface area contributed by atoms with E-state index in [1.165, 1.54) is 35.6 Å². The number of hydrogen-bond acceptors (Lipinski definition) is 7. The summed E-state index contributed by atoms with van der Waals surface area (Å²) in [5.41, 5.74) is 1.79. The molecule has 4 aromatic rings. The number of para-hydroxylation sites is 1. The second-order valence-electron chi connectivity index (χ2n) is 8.20. The van der Waals surface area contributed by atoms with E-state index in [1.54, 1.807) is 11.0 Å². The quantitative estimate of drug-likeness (QED) is 0.247. The lowest BCUT2D eigenvalue weighted by Gasteiger charge is -2.21. The lowest BCUT2D eigenvalue weighted by molar-refractivity contribution is 0.0985. The van der Waals surface area contributed by atoms with Crippen LogP contribution >= 0.6 is 22.9 Å². The molecule has 4 rings (SSSR count). The van der Waals surface area contributed by atoms with E-state index < -0.39 is 10.0 Å². The van der Waals surface area contributed by atoms with Gasteiger partial charge in [0, 0.05) is 31.5 Å². The Morgan fingerprint density at radius 1 is 0.921 bits per heavy atom. The van der Waals surface area contributed by atoms with Crippen LogP contribution in [0.1, 0.15) is 28.8 Å². The molecule has 0 saturated heterocycles. The highest BCUT2D eigenvalue weighted by Crippen LogP contribution is 2.34. The molecule has 0 fully saturated rings. The van der Waals surface area contributed by atoms with Gasteiger partial charge in [-0.1, -0.05) is 59.3 Å². The van der Waals surface area contributed by atoms with Crippen LogP contribution in [0.3, 0.4) is 0 Å². The Kier molecular flexibility index (Phi) is 8.72. The van der Waals surface area contributed by atoms with E-state index in [1.807, 2.05) is 54.6 Å². The first kappa shape index (κ1) is 27.2. The number of thiazole rings is 1. The third-order valence-corrected chi connectivity index (χ3v) is 8.96. The molecule has 1 amide bonds. The van der Waals surface area contributed by atoms with Gasteiger partial charge in [-0.2, -0.15) is 14.8 Å². The summed E-state index contributed by atoms with van der Waals surface area (Å²) < 4.78 is 28.2. The summed E-state index contributed by atoms with van der Waals surface area (Å²) in [5, 5.41) is 18.8. The molecule has 0 aliphatic rings. The second-order valence-corrected chi connectivity index (χ2v) is 11.6. The van der Waals surface area contributed by atoms with Crippen molar-refractivity contribution in [3.63, 3.8) is 0 Å². The van der Waals surface area contributed by atoms with Crippen LogP contribution < -0.4 is 4.90 Å². The fraction of sp³-hybridized carbons (Fsp3) is 0.185. The first-order chi connectivity index (χ1) is 18.3. The molecule has 1 heterocycles. The van der Waals surface area contributed by atoms with Gasteiger partial charge in [0.1, 0.15) is 5.52 Å². The Hall–Kier alpha value is -3.80. The lowest BCUT2D eigenvalue weighted by Crippen LogP contribution is -2.33. The van der Waals surface area contributed by atoms with E-state index >= 15 is 0 Å². The number of fused-ring (bicyclic) bond motifs is 1. The third kappa shape index (κ3) is 6.01. The van der Waals surface area contributed by atoms with Crippen LogP contribution in [0.25, 0.3) is 10.2 Å². The highest BCUT2D eigenvalue weighted by atomic mass is 35.5. The average Bonchev–Trinajstić information content (AvgIpc) is 3.37. The number of nitriles is 2. The standard InChI is InChI=1S/C27H22ClN5O3S2/c28-23-9-4-10-24-25(23)31-27(37-24)33(19-20-7-2-1-3-8-20)26(34)21-11-13-22(14-12-21)38(35,36)32(17-5-15-29)18-6-16-30/h1-4,7-14H,5-6,17-19H2. The van der Waals surface area contributed by atoms with Crippen molar-refractivity contribution in [1.82, 2.24) is 9.29 Å². The van der Waals surface area contributed by atoms with Crippen molar-refractivity contribution in [2.75, 3.05) is 18.0 Å². The van der Waals surface area contributed by atoms with Crippen LogP contribution in [0.15, 0.2) is 77.7 Å². The number of benzene rings is 3. The van der Waals surface area contributed by atoms with Crippen LogP contribution in [0, 0.1) is 22.7 Å². The van der Waals surface area contributed by atoms with Gasteiger partial charge in [-0.05, 0) is 42.0 Å². The largest absolute Gasteiger partial charge is 0.279 e. The minimum atomic E-state index is -3.95. The van der Waals surface area contributed by atoms with Gasteiger partial charge >= 0.3 is 0 Å². The van der Waals surface area contributed by atoms with E-state index in [0.717, 1.165) is 14.6 Å². The topological polar surface area (TPSA) is 118 Å². The number of carbonyl (C=O) groups excluding carboxylic acids is 1. The molecule has 11 heteroatoms. The molecule has 8 nitrogen and oxygen atoms in total. The van der Waals surface area contributed by atoms with Crippen LogP contribution in [0.5, 0.6) is 0 Å². The Morgan fingerprint density at radius 2 is 1.58 bits per heavy atom. The molecule has 3 aromatic carbocycles. The lowest BCUT2D eigenvalue weighted by atomic mass is 10.1. The Bertz CT molecular complexity index is 1610. The van der Waals surface area contributed by atoms with Crippen molar-refractivity contribution in [3.05, 3.63) is 88.9 Å². The minimum absolute atomic E-state index is 0.00184. The Morgan fingerprint density at radius 3 is 2.18 bits per heavy atom. The number of sulfonamides is 1. The number of carbonyl (C=O) groups is 1. The predicted octanol–water partition coefficient (Wildman–Crippen LogP) is 5.61. The zero-order valence-electron chi connectivity index (χ0n) is 20.1. The molecule has 0 radical (unpaired) electrons. The molecule has 0 bridgehead atoms. The van der Waals surface area contributed by atoms with Crippen molar-refractivity contribution in [1.29, 1.82) is 10.5 Å². The fourth-order valence-electron chi connectivity index (χ4n) is 3.79. The Labute approximate surface area is 230 Å². The van der Waals surface area contributed by atoms with E-state index in [9.17, 15) is 13.2 Å². The number of aromatic nitrogens is 1. The molecule has 38 heavy (non-hydrogen) atoms. The normalized spacial score (nSPS) is 11.3. The SMILES string of the molecule is N#CCCN(CCC#N)S(=O)(=O)c1ccc(C(=O)N(Cc2ccccc2)c2nc3c(Cl)cccc3s2)cc1. The molecule has 0 aliphatic heterocycles. The summed E-state index contributed by atoms with van der Waals surface area (Å²) in [7, 11) is -3.95. The van der Waals surface area contributed by atoms with Crippen molar-refractivity contribution in [2.24, 2.45) is 0 Å². The van der Waals surface area contributed by atoms with Gasteiger partial charge in [0.15, 0.2) is 5.13 Å². The van der Waals surface area contributed by atoms with Gasteiger partial charge in [-0.25, -0.2) is 13.4 Å². The maximum absolute atomic E-state index is 13.7. The zero-order chi connectivity index (χ0) is 27.1. The molecular weight excluding hydrogens is 542 g/mol. The summed E-state index contributed by atoms with van der Waals surface area (Å²) in [5.74, 6) is -0.348. The van der Waals surface area contributed by atoms with E-state index in [4.69, 9.17) is 22.1 Å². The number of halogens is 1. The van der Waals surface area contributed by atoms with Crippen LogP contribution in [-0.2, 0) is 16.6 Å². The van der Waals surface area contributed by atoms with E-state index in [2.05, 4.69) is 4.98 Å². The van der Waals surface area contributed by atoms with Crippen molar-refractivity contribution in [2.45, 2.75) is 24.3 Å². The summed E-state index contributed by atoms with van der Waals surface area (Å²) in [4.78, 5) is 19.9. The second kappa shape index (κ2) is 12.2. The summed E-state index contributed by atoms with van der Waals surface area (Å²) in [6.45, 7) is 0.214. The van der Waals surface area contributed by atoms with Crippen molar-refractivity contribution < 1.29 is 13.2 Å². The number of rotatable bonds is 10. The van der Waals surface area contributed by atoms with Gasteiger partial charge in [0.2, 0.25) is 10.0 Å². The highest BCUT2D eigenvalue weighted by molar-refractivity contribution is 7.89. The smallest absolute Gasteiger partial charge is 0.260 e. The van der Waals surface area contributed by atoms with Crippen LogP contribution in [0.4, 0.5) is 5.13 Å². The van der Waals surface area contributed by atoms with Crippen molar-refractivity contribution in [3.8, 4) is 12.1 Å². The molecule has 0 spiro atoms. The summed E-state index contributed by atoms with van der Waals surface area (Å²) in [6.07, 6.45) is 0.00369. The van der Waals surface area contributed by atoms with Gasteiger partial charge in [0.25, 0.3) is 5.91 Å². The maximum Gasteiger partial charge on any atom is 0.260 e. The number of nitrogens with zero attached hydrogens (tertiary/aromatic N) is 5. The van der Waals surface area contributed by atoms with Gasteiger partial charge < -0.3 is 0 Å². The first-order valence-electron chi connectivity index (χ1n) is 11.6. The average molecular weight is 564 g/mol. The van der Waals surface area contributed by atoms with E-state index in [0.29, 0.717) is 15.7 Å². The molecule has 0 aliphatic carbocycles. The maximum atomic E-state index is 13.7. The van der Waals surface area contributed by atoms with Gasteiger partial charge in [0.05, 0.1) is 33.3 Å². The van der Waals surface area contributed by atoms with Crippen molar-refractivity contribution >= 4 is 54.2 Å². The number of anilines is 1. The molecular formula is C27H22ClN5O3S2. The Balaban J connectivity index is 1.67. The molecule has 0 unspecified atom stereocenters. The number of hydrogen-bond donors (Lipinski definition) is 0. The molecule has 0 saturated carbocycles. The highest BCUT2D eigenvalue weighted by Gasteiger charge is 2.26. The van der Waals surface area contributed by atoms with Gasteiger partial charge in [-0.3, -0.25) is 9.69 Å². The molecule has 192 valence electrons.